The van der Waals surface area contributed by atoms with Crippen molar-refractivity contribution in [1.29, 1.82) is 0 Å². The molecule has 1 amide bonds. The summed E-state index contributed by atoms with van der Waals surface area (Å²) in [5.74, 6) is 1.56. The Hall–Kier alpha value is -1.35. The lowest BCUT2D eigenvalue weighted by Gasteiger charge is -2.26. The summed E-state index contributed by atoms with van der Waals surface area (Å²) in [6.45, 7) is 7.92. The van der Waals surface area contributed by atoms with Gasteiger partial charge in [0.15, 0.2) is 15.8 Å². The highest BCUT2D eigenvalue weighted by Crippen LogP contribution is 2.09. The van der Waals surface area contributed by atoms with E-state index in [9.17, 15) is 13.2 Å². The third-order valence-electron chi connectivity index (χ3n) is 4.53. The quantitative estimate of drug-likeness (QED) is 0.331. The van der Waals surface area contributed by atoms with Crippen molar-refractivity contribution in [3.8, 4) is 0 Å². The maximum Gasteiger partial charge on any atom is 0.222 e. The third kappa shape index (κ3) is 7.19. The van der Waals surface area contributed by atoms with Crippen molar-refractivity contribution < 1.29 is 13.2 Å². The van der Waals surface area contributed by atoms with Crippen molar-refractivity contribution in [2.75, 3.05) is 63.9 Å². The number of hydrogen-bond acceptors (Lipinski definition) is 5. The topological polar surface area (TPSA) is 94.1 Å². The molecule has 0 aromatic heterocycles. The standard InChI is InChI=1S/C16H31N5O3S/c1-2-17-16(18-6-4-9-21-8-3-5-15(21)22)19-7-10-20-11-13-25(23,24)14-12-20/h2-14H2,1H3,(H2,17,18,19). The zero-order valence-electron chi connectivity index (χ0n) is 15.2. The fourth-order valence-electron chi connectivity index (χ4n) is 3.04. The summed E-state index contributed by atoms with van der Waals surface area (Å²) in [6.07, 6.45) is 2.53. The van der Waals surface area contributed by atoms with Crippen LogP contribution in [0.2, 0.25) is 0 Å². The first-order valence-corrected chi connectivity index (χ1v) is 11.0. The van der Waals surface area contributed by atoms with Gasteiger partial charge in [0.25, 0.3) is 0 Å². The van der Waals surface area contributed by atoms with Gasteiger partial charge in [-0.3, -0.25) is 14.7 Å². The van der Waals surface area contributed by atoms with Crippen molar-refractivity contribution in [2.24, 2.45) is 4.99 Å². The third-order valence-corrected chi connectivity index (χ3v) is 6.14. The van der Waals surface area contributed by atoms with Gasteiger partial charge in [-0.1, -0.05) is 0 Å². The van der Waals surface area contributed by atoms with E-state index in [1.807, 2.05) is 11.8 Å². The molecule has 0 aromatic rings. The average Bonchev–Trinajstić information content (AvgIpc) is 2.98. The number of hydrogen-bond donors (Lipinski definition) is 2. The highest BCUT2D eigenvalue weighted by molar-refractivity contribution is 7.91. The Balaban J connectivity index is 1.64. The molecule has 0 aliphatic carbocycles. The van der Waals surface area contributed by atoms with E-state index < -0.39 is 9.84 Å². The minimum atomic E-state index is -2.82. The van der Waals surface area contributed by atoms with Crippen molar-refractivity contribution in [2.45, 2.75) is 26.2 Å². The first kappa shape index (κ1) is 20.0. The summed E-state index contributed by atoms with van der Waals surface area (Å²) >= 11 is 0. The van der Waals surface area contributed by atoms with Crippen molar-refractivity contribution in [3.63, 3.8) is 0 Å². The molecule has 2 aliphatic rings. The van der Waals surface area contributed by atoms with Crippen molar-refractivity contribution >= 4 is 21.7 Å². The minimum absolute atomic E-state index is 0.260. The molecular weight excluding hydrogens is 342 g/mol. The zero-order chi connectivity index (χ0) is 18.1. The molecule has 0 radical (unpaired) electrons. The number of sulfone groups is 1. The van der Waals surface area contributed by atoms with Gasteiger partial charge in [0.2, 0.25) is 5.91 Å². The minimum Gasteiger partial charge on any atom is -0.357 e. The predicted molar refractivity (Wildman–Crippen MR) is 99.5 cm³/mol. The van der Waals surface area contributed by atoms with Gasteiger partial charge in [-0.15, -0.1) is 0 Å². The predicted octanol–water partition coefficient (Wildman–Crippen LogP) is -0.716. The van der Waals surface area contributed by atoms with Crippen molar-refractivity contribution in [3.05, 3.63) is 0 Å². The smallest absolute Gasteiger partial charge is 0.222 e. The molecule has 0 atom stereocenters. The number of rotatable bonds is 8. The van der Waals surface area contributed by atoms with Crippen LogP contribution in [0.5, 0.6) is 0 Å². The fraction of sp³-hybridized carbons (Fsp3) is 0.875. The van der Waals surface area contributed by atoms with E-state index in [-0.39, 0.29) is 17.4 Å². The highest BCUT2D eigenvalue weighted by Gasteiger charge is 2.21. The lowest BCUT2D eigenvalue weighted by Crippen LogP contribution is -2.46. The van der Waals surface area contributed by atoms with Crippen LogP contribution in [-0.2, 0) is 14.6 Å². The molecular formula is C16H31N5O3S. The molecule has 8 nitrogen and oxygen atoms in total. The molecule has 2 rings (SSSR count). The molecule has 2 fully saturated rings. The van der Waals surface area contributed by atoms with Gasteiger partial charge in [0.05, 0.1) is 11.5 Å². The first-order chi connectivity index (χ1) is 12.0. The van der Waals surface area contributed by atoms with Crippen LogP contribution in [0.15, 0.2) is 4.99 Å². The zero-order valence-corrected chi connectivity index (χ0v) is 16.0. The highest BCUT2D eigenvalue weighted by atomic mass is 32.2. The SMILES string of the molecule is CCNC(=NCCCN1CCCC1=O)NCCN1CCS(=O)(=O)CC1. The Kier molecular flexibility index (Phi) is 7.95. The number of amides is 1. The van der Waals surface area contributed by atoms with Gasteiger partial charge in [-0.2, -0.15) is 0 Å². The summed E-state index contributed by atoms with van der Waals surface area (Å²) < 4.78 is 22.9. The largest absolute Gasteiger partial charge is 0.357 e. The monoisotopic (exact) mass is 373 g/mol. The average molecular weight is 374 g/mol. The van der Waals surface area contributed by atoms with Crippen LogP contribution < -0.4 is 10.6 Å². The van der Waals surface area contributed by atoms with Crippen LogP contribution >= 0.6 is 0 Å². The van der Waals surface area contributed by atoms with Crippen LogP contribution in [0.4, 0.5) is 0 Å². The molecule has 2 saturated heterocycles. The van der Waals surface area contributed by atoms with Crippen LogP contribution in [0, 0.1) is 0 Å². The Morgan fingerprint density at radius 2 is 1.92 bits per heavy atom. The second-order valence-electron chi connectivity index (χ2n) is 6.52. The lowest BCUT2D eigenvalue weighted by atomic mass is 10.4. The van der Waals surface area contributed by atoms with Crippen LogP contribution in [-0.4, -0.2) is 93.9 Å². The maximum atomic E-state index is 11.6. The number of nitrogens with one attached hydrogen (secondary N) is 2. The summed E-state index contributed by atoms with van der Waals surface area (Å²) in [4.78, 5) is 20.2. The van der Waals surface area contributed by atoms with Crippen molar-refractivity contribution in [1.82, 2.24) is 20.4 Å². The molecule has 0 aromatic carbocycles. The van der Waals surface area contributed by atoms with Gasteiger partial charge in [0, 0.05) is 58.8 Å². The van der Waals surface area contributed by atoms with E-state index >= 15 is 0 Å². The molecule has 2 N–H and O–H groups in total. The van der Waals surface area contributed by atoms with E-state index in [0.29, 0.717) is 26.1 Å². The summed E-state index contributed by atoms with van der Waals surface area (Å²) in [5, 5.41) is 6.51. The van der Waals surface area contributed by atoms with Crippen LogP contribution in [0.3, 0.4) is 0 Å². The van der Waals surface area contributed by atoms with E-state index in [1.54, 1.807) is 0 Å². The molecule has 9 heteroatoms. The number of likely N-dealkylation sites (tertiary alicyclic amines) is 1. The van der Waals surface area contributed by atoms with E-state index in [1.165, 1.54) is 0 Å². The summed E-state index contributed by atoms with van der Waals surface area (Å²) in [6, 6.07) is 0. The summed E-state index contributed by atoms with van der Waals surface area (Å²) in [7, 11) is -2.82. The Bertz CT molecular complexity index is 550. The van der Waals surface area contributed by atoms with Gasteiger partial charge in [-0.25, -0.2) is 8.42 Å². The molecule has 0 saturated carbocycles. The number of carbonyl (C=O) groups excluding carboxylic acids is 1. The Labute approximate surface area is 151 Å². The Morgan fingerprint density at radius 1 is 1.16 bits per heavy atom. The molecule has 25 heavy (non-hydrogen) atoms. The number of nitrogens with zero attached hydrogens (tertiary/aromatic N) is 3. The number of aliphatic imine (C=N–C) groups is 1. The van der Waals surface area contributed by atoms with Gasteiger partial charge < -0.3 is 15.5 Å². The summed E-state index contributed by atoms with van der Waals surface area (Å²) in [5.41, 5.74) is 0. The molecule has 2 heterocycles. The normalized spacial score (nSPS) is 21.6. The maximum absolute atomic E-state index is 11.6. The lowest BCUT2D eigenvalue weighted by molar-refractivity contribution is -0.127. The number of carbonyl (C=O) groups is 1. The van der Waals surface area contributed by atoms with Gasteiger partial charge in [0.1, 0.15) is 0 Å². The fourth-order valence-corrected chi connectivity index (χ4v) is 4.32. The first-order valence-electron chi connectivity index (χ1n) is 9.23. The molecule has 0 spiro atoms. The molecule has 0 bridgehead atoms. The van der Waals surface area contributed by atoms with E-state index in [2.05, 4.69) is 20.5 Å². The second kappa shape index (κ2) is 9.96. The number of guanidine groups is 1. The van der Waals surface area contributed by atoms with Gasteiger partial charge in [-0.05, 0) is 19.8 Å². The Morgan fingerprint density at radius 3 is 2.56 bits per heavy atom. The van der Waals surface area contributed by atoms with Gasteiger partial charge >= 0.3 is 0 Å². The molecule has 2 aliphatic heterocycles. The van der Waals surface area contributed by atoms with E-state index in [4.69, 9.17) is 0 Å². The molecule has 144 valence electrons. The van der Waals surface area contributed by atoms with E-state index in [0.717, 1.165) is 51.5 Å². The second-order valence-corrected chi connectivity index (χ2v) is 8.82. The van der Waals surface area contributed by atoms with Crippen LogP contribution in [0.25, 0.3) is 0 Å². The van der Waals surface area contributed by atoms with Crippen LogP contribution in [0.1, 0.15) is 26.2 Å². The molecule has 0 unspecified atom stereocenters.